The van der Waals surface area contributed by atoms with E-state index in [1.165, 1.54) is 83.5 Å². The third kappa shape index (κ3) is 5.19. The highest BCUT2D eigenvalue weighted by Crippen LogP contribution is 2.40. The number of fused-ring (bicyclic) bond motifs is 1. The number of rotatable bonds is 11. The van der Waals surface area contributed by atoms with Crippen LogP contribution in [-0.4, -0.2) is 37.6 Å². The number of hydrogen-bond donors (Lipinski definition) is 0. The molecule has 0 aromatic carbocycles. The largest absolute Gasteiger partial charge is 0.341 e. The molecule has 1 aliphatic heterocycles. The molecule has 0 aromatic rings. The lowest BCUT2D eigenvalue weighted by atomic mass is 9.78. The van der Waals surface area contributed by atoms with Gasteiger partial charge in [-0.2, -0.15) is 0 Å². The van der Waals surface area contributed by atoms with Crippen molar-refractivity contribution in [3.8, 4) is 0 Å². The second kappa shape index (κ2) is 10.8. The fourth-order valence-corrected chi connectivity index (χ4v) is 5.02. The zero-order valence-electron chi connectivity index (χ0n) is 16.5. The monoisotopic (exact) mass is 339 g/mol. The average Bonchev–Trinajstić information content (AvgIpc) is 2.64. The van der Waals surface area contributed by atoms with Crippen molar-refractivity contribution in [3.05, 3.63) is 0 Å². The van der Waals surface area contributed by atoms with Gasteiger partial charge in [-0.05, 0) is 38.0 Å². The molecule has 0 radical (unpaired) electrons. The molecule has 2 aliphatic rings. The van der Waals surface area contributed by atoms with Crippen LogP contribution >= 0.6 is 0 Å². The summed E-state index contributed by atoms with van der Waals surface area (Å²) in [6.45, 7) is 3.42. The Labute approximate surface area is 150 Å². The van der Waals surface area contributed by atoms with Gasteiger partial charge in [0.15, 0.2) is 0 Å². The smallest absolute Gasteiger partial charge is 0.229 e. The van der Waals surface area contributed by atoms with Gasteiger partial charge in [-0.25, -0.2) is 4.90 Å². The highest BCUT2D eigenvalue weighted by atomic mass is 16.7. The van der Waals surface area contributed by atoms with Crippen LogP contribution in [0.25, 0.3) is 0 Å². The Bertz CT molecular complexity index is 328. The summed E-state index contributed by atoms with van der Waals surface area (Å²) in [5.41, 5.74) is 0. The summed E-state index contributed by atoms with van der Waals surface area (Å²) in [6, 6.07) is 0.678. The zero-order valence-corrected chi connectivity index (χ0v) is 16.5. The molecule has 24 heavy (non-hydrogen) atoms. The lowest BCUT2D eigenvalue weighted by Crippen LogP contribution is -2.60. The van der Waals surface area contributed by atoms with Crippen LogP contribution < -0.4 is 0 Å². The fraction of sp³-hybridized carbons (Fsp3) is 1.00. The van der Waals surface area contributed by atoms with Crippen molar-refractivity contribution < 1.29 is 9.47 Å². The topological polar surface area (TPSA) is 21.7 Å². The molecule has 3 heteroatoms. The number of piperidine rings is 1. The predicted octanol–water partition coefficient (Wildman–Crippen LogP) is 5.73. The Kier molecular flexibility index (Phi) is 9.07. The number of hydrogen-bond acceptors (Lipinski definition) is 3. The van der Waals surface area contributed by atoms with E-state index >= 15 is 0 Å². The van der Waals surface area contributed by atoms with Gasteiger partial charge in [0.1, 0.15) is 0 Å². The van der Waals surface area contributed by atoms with E-state index in [-0.39, 0.29) is 0 Å². The lowest BCUT2D eigenvalue weighted by molar-refractivity contribution is -0.319. The van der Waals surface area contributed by atoms with Crippen molar-refractivity contribution in [3.63, 3.8) is 0 Å². The molecule has 2 rings (SSSR count). The van der Waals surface area contributed by atoms with Gasteiger partial charge in [0.25, 0.3) is 0 Å². The molecule has 1 saturated heterocycles. The molecule has 142 valence electrons. The lowest BCUT2D eigenvalue weighted by Gasteiger charge is -2.52. The van der Waals surface area contributed by atoms with Crippen LogP contribution in [0.1, 0.15) is 96.8 Å². The van der Waals surface area contributed by atoms with Crippen molar-refractivity contribution in [2.24, 2.45) is 5.92 Å². The Balaban J connectivity index is 1.86. The van der Waals surface area contributed by atoms with Gasteiger partial charge in [-0.1, -0.05) is 58.3 Å². The van der Waals surface area contributed by atoms with Crippen molar-refractivity contribution >= 4 is 0 Å². The number of ether oxygens (including phenoxy) is 2. The Morgan fingerprint density at radius 1 is 0.833 bits per heavy atom. The molecule has 0 aromatic heterocycles. The molecule has 0 spiro atoms. The van der Waals surface area contributed by atoms with Crippen LogP contribution in [0, 0.1) is 5.92 Å². The highest BCUT2D eigenvalue weighted by Gasteiger charge is 2.45. The summed E-state index contributed by atoms with van der Waals surface area (Å²) < 4.78 is 12.0. The van der Waals surface area contributed by atoms with Gasteiger partial charge < -0.3 is 9.47 Å². The first-order chi connectivity index (χ1) is 11.8. The Morgan fingerprint density at radius 2 is 1.46 bits per heavy atom. The summed E-state index contributed by atoms with van der Waals surface area (Å²) in [5.74, 6) is 0.385. The minimum absolute atomic E-state index is 0.482. The molecule has 1 aliphatic carbocycles. The van der Waals surface area contributed by atoms with Crippen LogP contribution in [0.2, 0.25) is 0 Å². The summed E-state index contributed by atoms with van der Waals surface area (Å²) in [6.07, 6.45) is 18.6. The molecule has 1 heterocycles. The van der Waals surface area contributed by atoms with Crippen LogP contribution in [0.5, 0.6) is 0 Å². The number of nitrogens with zero attached hydrogens (tertiary/aromatic N) is 1. The summed E-state index contributed by atoms with van der Waals surface area (Å²) in [4.78, 5) is 2.59. The van der Waals surface area contributed by atoms with Gasteiger partial charge in [0.2, 0.25) is 5.91 Å². The van der Waals surface area contributed by atoms with Gasteiger partial charge in [0, 0.05) is 33.2 Å². The maximum absolute atomic E-state index is 6.02. The summed E-state index contributed by atoms with van der Waals surface area (Å²) >= 11 is 0. The Morgan fingerprint density at radius 3 is 2.17 bits per heavy atom. The number of methoxy groups -OCH3 is 2. The van der Waals surface area contributed by atoms with Gasteiger partial charge in [0.05, 0.1) is 0 Å². The predicted molar refractivity (Wildman–Crippen MR) is 101 cm³/mol. The van der Waals surface area contributed by atoms with Gasteiger partial charge in [-0.3, -0.25) is 0 Å². The summed E-state index contributed by atoms with van der Waals surface area (Å²) in [7, 11) is 3.69. The molecule has 2 fully saturated rings. The summed E-state index contributed by atoms with van der Waals surface area (Å²) in [5, 5.41) is 0. The van der Waals surface area contributed by atoms with Crippen molar-refractivity contribution in [2.45, 2.75) is 109 Å². The number of unbranched alkanes of at least 4 members (excludes halogenated alkanes) is 6. The van der Waals surface area contributed by atoms with E-state index in [1.807, 2.05) is 14.2 Å². The van der Waals surface area contributed by atoms with Gasteiger partial charge in [-0.15, -0.1) is 0 Å². The molecule has 3 nitrogen and oxygen atoms in total. The van der Waals surface area contributed by atoms with E-state index in [1.54, 1.807) is 0 Å². The second-order valence-electron chi connectivity index (χ2n) is 7.94. The van der Waals surface area contributed by atoms with Crippen LogP contribution in [0.3, 0.4) is 0 Å². The maximum Gasteiger partial charge on any atom is 0.229 e. The van der Waals surface area contributed by atoms with Crippen molar-refractivity contribution in [1.29, 1.82) is 0 Å². The maximum atomic E-state index is 6.02. The quantitative estimate of drug-likeness (QED) is 0.354. The molecule has 2 unspecified atom stereocenters. The molecule has 2 atom stereocenters. The van der Waals surface area contributed by atoms with Gasteiger partial charge >= 0.3 is 0 Å². The third-order valence-electron chi connectivity index (χ3n) is 6.41. The van der Waals surface area contributed by atoms with E-state index < -0.39 is 5.91 Å². The van der Waals surface area contributed by atoms with Crippen molar-refractivity contribution in [2.75, 3.05) is 20.8 Å². The SMILES string of the molecule is CCCCCCCCCC(OC)(OC)N1CCCC2CCCCC21. The first-order valence-electron chi connectivity index (χ1n) is 10.6. The van der Waals surface area contributed by atoms with E-state index in [0.29, 0.717) is 6.04 Å². The molecular weight excluding hydrogens is 298 g/mol. The normalized spacial score (nSPS) is 25.6. The average molecular weight is 340 g/mol. The van der Waals surface area contributed by atoms with E-state index in [2.05, 4.69) is 11.8 Å². The molecule has 0 bridgehead atoms. The van der Waals surface area contributed by atoms with Crippen LogP contribution in [0.15, 0.2) is 0 Å². The molecule has 0 amide bonds. The molecule has 0 N–H and O–H groups in total. The van der Waals surface area contributed by atoms with Crippen molar-refractivity contribution in [1.82, 2.24) is 4.90 Å². The first-order valence-corrected chi connectivity index (χ1v) is 10.6. The van der Waals surface area contributed by atoms with Crippen LogP contribution in [0.4, 0.5) is 0 Å². The van der Waals surface area contributed by atoms with E-state index in [0.717, 1.165) is 18.9 Å². The minimum Gasteiger partial charge on any atom is -0.341 e. The van der Waals surface area contributed by atoms with Crippen LogP contribution in [-0.2, 0) is 9.47 Å². The standard InChI is InChI=1S/C21H41NO2/c1-4-5-6-7-8-9-12-17-21(23-2,24-3)22-18-13-15-19-14-10-11-16-20(19)22/h19-20H,4-18H2,1-3H3. The van der Waals surface area contributed by atoms with E-state index in [4.69, 9.17) is 9.47 Å². The highest BCUT2D eigenvalue weighted by molar-refractivity contribution is 4.91. The number of likely N-dealkylation sites (tertiary alicyclic amines) is 1. The second-order valence-corrected chi connectivity index (χ2v) is 7.94. The molecular formula is C21H41NO2. The Hall–Kier alpha value is -0.120. The fourth-order valence-electron chi connectivity index (χ4n) is 5.02. The first kappa shape index (κ1) is 20.2. The zero-order chi connectivity index (χ0) is 17.3. The molecule has 1 saturated carbocycles. The van der Waals surface area contributed by atoms with E-state index in [9.17, 15) is 0 Å². The third-order valence-corrected chi connectivity index (χ3v) is 6.41. The minimum atomic E-state index is -0.482.